The minimum atomic E-state index is -5.53. The number of alkyl halides is 6. The van der Waals surface area contributed by atoms with Gasteiger partial charge in [0.1, 0.15) is 0 Å². The number of nitrogens with zero attached hydrogens (tertiary/aromatic N) is 1. The first-order chi connectivity index (χ1) is 13.9. The van der Waals surface area contributed by atoms with Crippen LogP contribution >= 0.6 is 0 Å². The second-order valence-corrected chi connectivity index (χ2v) is 9.63. The van der Waals surface area contributed by atoms with Crippen molar-refractivity contribution in [2.45, 2.75) is 35.8 Å². The summed E-state index contributed by atoms with van der Waals surface area (Å²) in [4.78, 5) is 0.488. The molecule has 0 radical (unpaired) electrons. The largest absolute Gasteiger partial charge is 0.501 e. The molecule has 0 spiro atoms. The van der Waals surface area contributed by atoms with E-state index < -0.39 is 37.4 Å². The van der Waals surface area contributed by atoms with Gasteiger partial charge in [-0.25, -0.2) is 8.42 Å². The minimum absolute atomic E-state index is 0.0775. The zero-order valence-electron chi connectivity index (χ0n) is 15.5. The van der Waals surface area contributed by atoms with E-state index in [9.17, 15) is 34.8 Å². The maximum atomic E-state index is 13.8. The molecule has 1 aromatic carbocycles. The highest BCUT2D eigenvalue weighted by Crippen LogP contribution is 2.66. The predicted molar refractivity (Wildman–Crippen MR) is 98.2 cm³/mol. The third-order valence-corrected chi connectivity index (χ3v) is 7.44. The SMILES string of the molecule is O=S(=O)(c1ccc(N2CC=CC(C(F)(F)F)=C2C23CC=CCC2C3)cc1)C(F)(F)F. The molecule has 10 heteroatoms. The van der Waals surface area contributed by atoms with E-state index in [1.165, 1.54) is 11.0 Å². The molecule has 162 valence electrons. The number of allylic oxidation sites excluding steroid dienone is 5. The topological polar surface area (TPSA) is 37.4 Å². The maximum Gasteiger partial charge on any atom is 0.501 e. The van der Waals surface area contributed by atoms with Crippen molar-refractivity contribution in [1.29, 1.82) is 0 Å². The maximum absolute atomic E-state index is 13.8. The lowest BCUT2D eigenvalue weighted by Gasteiger charge is -2.38. The number of hydrogen-bond donors (Lipinski definition) is 0. The van der Waals surface area contributed by atoms with Gasteiger partial charge in [-0.2, -0.15) is 26.3 Å². The lowest BCUT2D eigenvalue weighted by molar-refractivity contribution is -0.0899. The molecule has 1 saturated carbocycles. The molecule has 30 heavy (non-hydrogen) atoms. The summed E-state index contributed by atoms with van der Waals surface area (Å²) in [6, 6.07) is 3.81. The first kappa shape index (κ1) is 21.0. The van der Waals surface area contributed by atoms with E-state index in [1.54, 1.807) is 0 Å². The van der Waals surface area contributed by atoms with Crippen LogP contribution in [0.15, 0.2) is 64.7 Å². The number of anilines is 1. The van der Waals surface area contributed by atoms with Crippen LogP contribution in [0.25, 0.3) is 0 Å². The second kappa shape index (κ2) is 6.63. The Bertz CT molecular complexity index is 1050. The lowest BCUT2D eigenvalue weighted by atomic mass is 9.84. The molecule has 1 heterocycles. The van der Waals surface area contributed by atoms with Crippen molar-refractivity contribution >= 4 is 15.5 Å². The van der Waals surface area contributed by atoms with Crippen LogP contribution < -0.4 is 4.90 Å². The van der Waals surface area contributed by atoms with Crippen molar-refractivity contribution in [2.75, 3.05) is 11.4 Å². The van der Waals surface area contributed by atoms with Crippen molar-refractivity contribution in [3.05, 3.63) is 59.8 Å². The van der Waals surface area contributed by atoms with Crippen LogP contribution in [0.1, 0.15) is 19.3 Å². The monoisotopic (exact) mass is 449 g/mol. The highest BCUT2D eigenvalue weighted by molar-refractivity contribution is 7.92. The Morgan fingerprint density at radius 2 is 1.63 bits per heavy atom. The quantitative estimate of drug-likeness (QED) is 0.450. The van der Waals surface area contributed by atoms with Gasteiger partial charge in [-0.05, 0) is 49.4 Å². The Morgan fingerprint density at radius 1 is 0.967 bits per heavy atom. The number of halogens is 6. The summed E-state index contributed by atoms with van der Waals surface area (Å²) in [6.45, 7) is 0.110. The highest BCUT2D eigenvalue weighted by Gasteiger charge is 2.60. The number of benzene rings is 1. The van der Waals surface area contributed by atoms with E-state index in [2.05, 4.69) is 0 Å². The Balaban J connectivity index is 1.78. The Morgan fingerprint density at radius 3 is 2.20 bits per heavy atom. The molecule has 0 saturated heterocycles. The summed E-state index contributed by atoms with van der Waals surface area (Å²) in [5.41, 5.74) is -6.56. The summed E-state index contributed by atoms with van der Waals surface area (Å²) in [5.74, 6) is 0.0775. The molecule has 0 aromatic heterocycles. The van der Waals surface area contributed by atoms with Crippen LogP contribution in [-0.4, -0.2) is 26.6 Å². The Labute approximate surface area is 169 Å². The van der Waals surface area contributed by atoms with Gasteiger partial charge < -0.3 is 4.90 Å². The number of hydrogen-bond acceptors (Lipinski definition) is 3. The van der Waals surface area contributed by atoms with Crippen LogP contribution in [0, 0.1) is 11.3 Å². The van der Waals surface area contributed by atoms with Crippen molar-refractivity contribution in [3.63, 3.8) is 0 Å². The van der Waals surface area contributed by atoms with Gasteiger partial charge in [0.05, 0.1) is 10.5 Å². The average molecular weight is 449 g/mol. The van der Waals surface area contributed by atoms with Crippen LogP contribution in [0.2, 0.25) is 0 Å². The van der Waals surface area contributed by atoms with Gasteiger partial charge in [0.25, 0.3) is 9.84 Å². The standard InChI is InChI=1S/C20H17F6NO2S/c21-19(22,23)16-5-3-11-27(17(16)18-10-2-1-4-13(18)12-18)14-6-8-15(9-7-14)30(28,29)20(24,25)26/h1-3,5-9,13H,4,10-12H2. The fraction of sp³-hybridized carbons (Fsp3) is 0.400. The fourth-order valence-electron chi connectivity index (χ4n) is 4.41. The molecule has 0 amide bonds. The second-order valence-electron chi connectivity index (χ2n) is 7.68. The first-order valence-corrected chi connectivity index (χ1v) is 10.7. The van der Waals surface area contributed by atoms with E-state index in [1.807, 2.05) is 12.2 Å². The summed E-state index contributed by atoms with van der Waals surface area (Å²) in [7, 11) is -5.53. The van der Waals surface area contributed by atoms with E-state index in [4.69, 9.17) is 0 Å². The van der Waals surface area contributed by atoms with Gasteiger partial charge in [-0.3, -0.25) is 0 Å². The van der Waals surface area contributed by atoms with Crippen LogP contribution in [-0.2, 0) is 9.84 Å². The molecular formula is C20H17F6NO2S. The van der Waals surface area contributed by atoms with Crippen LogP contribution in [0.5, 0.6) is 0 Å². The van der Waals surface area contributed by atoms with E-state index >= 15 is 0 Å². The minimum Gasteiger partial charge on any atom is -0.340 e. The normalized spacial score (nSPS) is 26.7. The molecule has 2 unspecified atom stereocenters. The molecule has 3 aliphatic rings. The van der Waals surface area contributed by atoms with Gasteiger partial charge in [0.2, 0.25) is 0 Å². The van der Waals surface area contributed by atoms with E-state index in [-0.39, 0.29) is 23.8 Å². The molecule has 1 aliphatic heterocycles. The summed E-state index contributed by atoms with van der Waals surface area (Å²) in [6.07, 6.45) is 3.35. The zero-order valence-corrected chi connectivity index (χ0v) is 16.3. The molecule has 4 rings (SSSR count). The average Bonchev–Trinajstić information content (AvgIpc) is 3.42. The van der Waals surface area contributed by atoms with Crippen molar-refractivity contribution in [1.82, 2.24) is 0 Å². The molecule has 1 fully saturated rings. The smallest absolute Gasteiger partial charge is 0.340 e. The number of fused-ring (bicyclic) bond motifs is 1. The highest BCUT2D eigenvalue weighted by atomic mass is 32.2. The van der Waals surface area contributed by atoms with Crippen molar-refractivity contribution < 1.29 is 34.8 Å². The van der Waals surface area contributed by atoms with Gasteiger partial charge >= 0.3 is 11.7 Å². The van der Waals surface area contributed by atoms with Crippen LogP contribution in [0.3, 0.4) is 0 Å². The van der Waals surface area contributed by atoms with Crippen LogP contribution in [0.4, 0.5) is 32.0 Å². The molecule has 0 N–H and O–H groups in total. The van der Waals surface area contributed by atoms with E-state index in [0.29, 0.717) is 19.3 Å². The molecular weight excluding hydrogens is 432 g/mol. The summed E-state index contributed by atoms with van der Waals surface area (Å²) < 4.78 is 103. The number of rotatable bonds is 3. The van der Waals surface area contributed by atoms with Gasteiger partial charge in [0, 0.05) is 23.3 Å². The molecule has 0 bridgehead atoms. The molecule has 3 nitrogen and oxygen atoms in total. The van der Waals surface area contributed by atoms with Crippen molar-refractivity contribution in [3.8, 4) is 0 Å². The Kier molecular flexibility index (Phi) is 4.65. The number of sulfone groups is 1. The Hall–Kier alpha value is -2.23. The molecule has 2 atom stereocenters. The van der Waals surface area contributed by atoms with Gasteiger partial charge in [-0.15, -0.1) is 0 Å². The predicted octanol–water partition coefficient (Wildman–Crippen LogP) is 5.53. The van der Waals surface area contributed by atoms with E-state index in [0.717, 1.165) is 30.3 Å². The van der Waals surface area contributed by atoms with Crippen molar-refractivity contribution in [2.24, 2.45) is 11.3 Å². The third-order valence-electron chi connectivity index (χ3n) is 5.94. The fourth-order valence-corrected chi connectivity index (χ4v) is 5.17. The van der Waals surface area contributed by atoms with Gasteiger partial charge in [-0.1, -0.05) is 24.3 Å². The first-order valence-electron chi connectivity index (χ1n) is 9.20. The zero-order chi connectivity index (χ0) is 21.9. The third kappa shape index (κ3) is 3.25. The van der Waals surface area contributed by atoms with Gasteiger partial charge in [0.15, 0.2) is 0 Å². The molecule has 2 aliphatic carbocycles. The summed E-state index contributed by atoms with van der Waals surface area (Å²) >= 11 is 0. The molecule has 1 aromatic rings. The lowest BCUT2D eigenvalue weighted by Crippen LogP contribution is -2.36. The summed E-state index contributed by atoms with van der Waals surface area (Å²) in [5, 5.41) is 0.